The van der Waals surface area contributed by atoms with Gasteiger partial charge in [-0.2, -0.15) is 0 Å². The largest absolute Gasteiger partial charge is 0.297 e. The van der Waals surface area contributed by atoms with Crippen LogP contribution >= 0.6 is 0 Å². The summed E-state index contributed by atoms with van der Waals surface area (Å²) < 4.78 is 0. The Morgan fingerprint density at radius 3 is 2.52 bits per heavy atom. The average molecular weight is 336 g/mol. The molecule has 2 aliphatic rings. The number of nitrogens with zero attached hydrogens (tertiary/aromatic N) is 4. The van der Waals surface area contributed by atoms with E-state index in [1.54, 1.807) is 0 Å². The Labute approximate surface area is 150 Å². The molecule has 4 heteroatoms. The van der Waals surface area contributed by atoms with Crippen LogP contribution in [0.1, 0.15) is 36.3 Å². The molecule has 132 valence electrons. The molecular formula is C21H28N4. The molecule has 2 aliphatic heterocycles. The second-order valence-electron chi connectivity index (χ2n) is 7.87. The van der Waals surface area contributed by atoms with Crippen molar-refractivity contribution in [3.05, 3.63) is 59.7 Å². The zero-order valence-corrected chi connectivity index (χ0v) is 15.2. The van der Waals surface area contributed by atoms with Crippen LogP contribution in [0.2, 0.25) is 0 Å². The minimum atomic E-state index is 0.469. The third-order valence-electron chi connectivity index (χ3n) is 5.70. The first-order valence-corrected chi connectivity index (χ1v) is 9.48. The average Bonchev–Trinajstić information content (AvgIpc) is 2.97. The zero-order chi connectivity index (χ0) is 17.1. The van der Waals surface area contributed by atoms with Gasteiger partial charge in [0.25, 0.3) is 0 Å². The van der Waals surface area contributed by atoms with Crippen molar-refractivity contribution in [1.82, 2.24) is 19.8 Å². The normalized spacial score (nSPS) is 24.8. The van der Waals surface area contributed by atoms with E-state index in [2.05, 4.69) is 52.0 Å². The van der Waals surface area contributed by atoms with E-state index in [4.69, 9.17) is 4.98 Å². The number of hydrogen-bond acceptors (Lipinski definition) is 4. The summed E-state index contributed by atoms with van der Waals surface area (Å²) in [5.41, 5.74) is 3.99. The summed E-state index contributed by atoms with van der Waals surface area (Å²) in [6.45, 7) is 8.88. The van der Waals surface area contributed by atoms with Crippen molar-refractivity contribution in [1.29, 1.82) is 0 Å². The van der Waals surface area contributed by atoms with Crippen molar-refractivity contribution in [2.24, 2.45) is 5.41 Å². The topological polar surface area (TPSA) is 32.3 Å². The van der Waals surface area contributed by atoms with Gasteiger partial charge in [0, 0.05) is 38.1 Å². The quantitative estimate of drug-likeness (QED) is 0.858. The van der Waals surface area contributed by atoms with E-state index in [1.165, 1.54) is 56.8 Å². The van der Waals surface area contributed by atoms with Crippen molar-refractivity contribution in [3.63, 3.8) is 0 Å². The van der Waals surface area contributed by atoms with Crippen molar-refractivity contribution >= 4 is 0 Å². The maximum absolute atomic E-state index is 4.69. The molecule has 2 fully saturated rings. The van der Waals surface area contributed by atoms with E-state index in [9.17, 15) is 0 Å². The van der Waals surface area contributed by atoms with Crippen LogP contribution in [-0.4, -0.2) is 45.9 Å². The van der Waals surface area contributed by atoms with Gasteiger partial charge in [-0.15, -0.1) is 0 Å². The van der Waals surface area contributed by atoms with Crippen LogP contribution in [0.4, 0.5) is 0 Å². The molecule has 25 heavy (non-hydrogen) atoms. The van der Waals surface area contributed by atoms with Gasteiger partial charge >= 0.3 is 0 Å². The predicted octanol–water partition coefficient (Wildman–Crippen LogP) is 3.27. The van der Waals surface area contributed by atoms with Crippen LogP contribution in [-0.2, 0) is 13.1 Å². The molecule has 0 saturated carbocycles. The van der Waals surface area contributed by atoms with Gasteiger partial charge in [0.05, 0.1) is 11.4 Å². The van der Waals surface area contributed by atoms with Crippen LogP contribution in [0, 0.1) is 12.3 Å². The Morgan fingerprint density at radius 2 is 1.72 bits per heavy atom. The summed E-state index contributed by atoms with van der Waals surface area (Å²) in [5, 5.41) is 0. The second-order valence-corrected chi connectivity index (χ2v) is 7.87. The number of hydrogen-bond donors (Lipinski definition) is 0. The molecule has 4 nitrogen and oxygen atoms in total. The fourth-order valence-electron chi connectivity index (χ4n) is 4.58. The second kappa shape index (κ2) is 7.22. The molecule has 4 heterocycles. The smallest absolute Gasteiger partial charge is 0.0547 e. The fourth-order valence-corrected chi connectivity index (χ4v) is 4.58. The lowest BCUT2D eigenvalue weighted by Crippen LogP contribution is -2.44. The number of likely N-dealkylation sites (tertiary alicyclic amines) is 2. The molecule has 2 aromatic heterocycles. The van der Waals surface area contributed by atoms with Crippen molar-refractivity contribution in [2.75, 3.05) is 26.2 Å². The summed E-state index contributed by atoms with van der Waals surface area (Å²) in [4.78, 5) is 14.4. The van der Waals surface area contributed by atoms with Crippen LogP contribution in [0.15, 0.2) is 42.6 Å². The summed E-state index contributed by atoms with van der Waals surface area (Å²) in [6, 6.07) is 12.6. The molecule has 1 unspecified atom stereocenters. The van der Waals surface area contributed by atoms with E-state index in [1.807, 2.05) is 12.3 Å². The number of pyridine rings is 2. The van der Waals surface area contributed by atoms with Gasteiger partial charge in [0.1, 0.15) is 0 Å². The molecule has 0 aromatic carbocycles. The Balaban J connectivity index is 1.37. The molecule has 2 aromatic rings. The lowest BCUT2D eigenvalue weighted by Gasteiger charge is -2.40. The lowest BCUT2D eigenvalue weighted by molar-refractivity contribution is 0.0855. The van der Waals surface area contributed by atoms with E-state index in [-0.39, 0.29) is 0 Å². The Hall–Kier alpha value is -1.78. The van der Waals surface area contributed by atoms with Gasteiger partial charge in [0.2, 0.25) is 0 Å². The van der Waals surface area contributed by atoms with Gasteiger partial charge in [-0.3, -0.25) is 19.8 Å². The number of aromatic nitrogens is 2. The number of piperidine rings is 1. The molecule has 0 aliphatic carbocycles. The van der Waals surface area contributed by atoms with E-state index in [0.29, 0.717) is 5.41 Å². The maximum Gasteiger partial charge on any atom is 0.0547 e. The number of aryl methyl sites for hydroxylation is 1. The predicted molar refractivity (Wildman–Crippen MR) is 100 cm³/mol. The van der Waals surface area contributed by atoms with Crippen molar-refractivity contribution in [3.8, 4) is 0 Å². The van der Waals surface area contributed by atoms with Gasteiger partial charge in [-0.05, 0) is 69.0 Å². The summed E-state index contributed by atoms with van der Waals surface area (Å²) >= 11 is 0. The minimum Gasteiger partial charge on any atom is -0.297 e. The SMILES string of the molecule is Cc1cccc(CN2CCCC3(CCN(Cc4ccccn4)C3)C2)n1. The Bertz CT molecular complexity index is 702. The van der Waals surface area contributed by atoms with Gasteiger partial charge in [-0.1, -0.05) is 12.1 Å². The minimum absolute atomic E-state index is 0.469. The molecule has 1 atom stereocenters. The molecule has 4 rings (SSSR count). The lowest BCUT2D eigenvalue weighted by atomic mass is 9.79. The highest BCUT2D eigenvalue weighted by Gasteiger charge is 2.41. The highest BCUT2D eigenvalue weighted by atomic mass is 15.2. The first-order chi connectivity index (χ1) is 12.2. The van der Waals surface area contributed by atoms with Gasteiger partial charge in [-0.25, -0.2) is 0 Å². The molecule has 0 bridgehead atoms. The van der Waals surface area contributed by atoms with Gasteiger partial charge < -0.3 is 0 Å². The summed E-state index contributed by atoms with van der Waals surface area (Å²) in [7, 11) is 0. The van der Waals surface area contributed by atoms with Crippen LogP contribution in [0.25, 0.3) is 0 Å². The van der Waals surface area contributed by atoms with E-state index < -0.39 is 0 Å². The standard InChI is InChI=1S/C21H28N4/c1-18-6-4-8-20(23-18)15-24-12-5-9-21(16-24)10-13-25(17-21)14-19-7-2-3-11-22-19/h2-4,6-8,11H,5,9-10,12-17H2,1H3. The first-order valence-electron chi connectivity index (χ1n) is 9.48. The summed E-state index contributed by atoms with van der Waals surface area (Å²) in [6.07, 6.45) is 5.89. The molecular weight excluding hydrogens is 308 g/mol. The third-order valence-corrected chi connectivity index (χ3v) is 5.70. The molecule has 0 radical (unpaired) electrons. The van der Waals surface area contributed by atoms with E-state index in [0.717, 1.165) is 18.8 Å². The molecule has 2 saturated heterocycles. The van der Waals surface area contributed by atoms with Crippen LogP contribution in [0.5, 0.6) is 0 Å². The zero-order valence-electron chi connectivity index (χ0n) is 15.2. The Kier molecular flexibility index (Phi) is 4.82. The Morgan fingerprint density at radius 1 is 0.920 bits per heavy atom. The monoisotopic (exact) mass is 336 g/mol. The van der Waals surface area contributed by atoms with Gasteiger partial charge in [0.15, 0.2) is 0 Å². The van der Waals surface area contributed by atoms with Crippen molar-refractivity contribution < 1.29 is 0 Å². The first kappa shape index (κ1) is 16.7. The third kappa shape index (κ3) is 4.07. The highest BCUT2D eigenvalue weighted by Crippen LogP contribution is 2.39. The summed E-state index contributed by atoms with van der Waals surface area (Å²) in [5.74, 6) is 0. The van der Waals surface area contributed by atoms with E-state index >= 15 is 0 Å². The maximum atomic E-state index is 4.69. The highest BCUT2D eigenvalue weighted by molar-refractivity contribution is 5.10. The van der Waals surface area contributed by atoms with Crippen LogP contribution in [0.3, 0.4) is 0 Å². The molecule has 0 amide bonds. The molecule has 0 N–H and O–H groups in total. The van der Waals surface area contributed by atoms with Crippen molar-refractivity contribution in [2.45, 2.75) is 39.3 Å². The number of rotatable bonds is 4. The molecule has 1 spiro atoms. The van der Waals surface area contributed by atoms with Crippen LogP contribution < -0.4 is 0 Å². The fraction of sp³-hybridized carbons (Fsp3) is 0.524.